The lowest BCUT2D eigenvalue weighted by Crippen LogP contribution is -2.25. The standard InChI is InChI=1S/C12H12BrF3N2O3/c13-10-8(4-3-5-9(10)18(20)21)11(19)17-7-2-1-6-12(14,15)16/h3-5H,1-2,6-7H2,(H,17,19). The Morgan fingerprint density at radius 3 is 2.57 bits per heavy atom. The minimum Gasteiger partial charge on any atom is -0.352 e. The van der Waals surface area contributed by atoms with E-state index in [-0.39, 0.29) is 35.1 Å². The van der Waals surface area contributed by atoms with Gasteiger partial charge in [0.15, 0.2) is 0 Å². The van der Waals surface area contributed by atoms with Crippen molar-refractivity contribution in [3.05, 3.63) is 38.3 Å². The first-order valence-electron chi connectivity index (χ1n) is 6.00. The minimum atomic E-state index is -4.20. The molecule has 0 unspecified atom stereocenters. The van der Waals surface area contributed by atoms with Crippen molar-refractivity contribution < 1.29 is 22.9 Å². The van der Waals surface area contributed by atoms with Crippen LogP contribution in [0.25, 0.3) is 0 Å². The number of carbonyl (C=O) groups is 1. The first-order chi connectivity index (χ1) is 9.72. The summed E-state index contributed by atoms with van der Waals surface area (Å²) in [7, 11) is 0. The Hall–Kier alpha value is -1.64. The van der Waals surface area contributed by atoms with Crippen LogP contribution in [0, 0.1) is 10.1 Å². The third-order valence-electron chi connectivity index (χ3n) is 2.59. The van der Waals surface area contributed by atoms with E-state index in [1.165, 1.54) is 18.2 Å². The number of amides is 1. The lowest BCUT2D eigenvalue weighted by atomic mass is 10.2. The number of unbranched alkanes of at least 4 members (excludes halogenated alkanes) is 1. The molecule has 0 aliphatic rings. The lowest BCUT2D eigenvalue weighted by molar-refractivity contribution is -0.385. The molecule has 0 saturated heterocycles. The van der Waals surface area contributed by atoms with E-state index < -0.39 is 23.4 Å². The number of hydrogen-bond donors (Lipinski definition) is 1. The van der Waals surface area contributed by atoms with Crippen molar-refractivity contribution in [1.29, 1.82) is 0 Å². The predicted molar refractivity (Wildman–Crippen MR) is 73.0 cm³/mol. The van der Waals surface area contributed by atoms with E-state index in [4.69, 9.17) is 0 Å². The number of nitro groups is 1. The van der Waals surface area contributed by atoms with E-state index in [1.54, 1.807) is 0 Å². The molecule has 0 atom stereocenters. The Kier molecular flexibility index (Phi) is 6.13. The summed E-state index contributed by atoms with van der Waals surface area (Å²) in [6.45, 7) is 0.0735. The maximum Gasteiger partial charge on any atom is 0.389 e. The fourth-order valence-corrected chi connectivity index (χ4v) is 2.17. The number of carbonyl (C=O) groups excluding carboxylic acids is 1. The Labute approximate surface area is 126 Å². The molecule has 0 bridgehead atoms. The van der Waals surface area contributed by atoms with Gasteiger partial charge >= 0.3 is 6.18 Å². The highest BCUT2D eigenvalue weighted by Gasteiger charge is 2.26. The Bertz CT molecular complexity index is 535. The van der Waals surface area contributed by atoms with Gasteiger partial charge in [-0.05, 0) is 34.8 Å². The SMILES string of the molecule is O=C(NCCCCC(F)(F)F)c1cccc([N+](=O)[O-])c1Br. The van der Waals surface area contributed by atoms with Crippen molar-refractivity contribution in [2.24, 2.45) is 0 Å². The average molecular weight is 369 g/mol. The number of rotatable bonds is 6. The number of nitrogens with zero attached hydrogens (tertiary/aromatic N) is 1. The summed E-state index contributed by atoms with van der Waals surface area (Å²) in [5, 5.41) is 13.2. The predicted octanol–water partition coefficient (Wildman–Crippen LogP) is 3.82. The number of hydrogen-bond acceptors (Lipinski definition) is 3. The van der Waals surface area contributed by atoms with E-state index >= 15 is 0 Å². The van der Waals surface area contributed by atoms with Crippen LogP contribution in [0.4, 0.5) is 18.9 Å². The van der Waals surface area contributed by atoms with Crippen LogP contribution in [0.5, 0.6) is 0 Å². The number of nitrogens with one attached hydrogen (secondary N) is 1. The van der Waals surface area contributed by atoms with Crippen LogP contribution in [0.3, 0.4) is 0 Å². The highest BCUT2D eigenvalue weighted by Crippen LogP contribution is 2.28. The fourth-order valence-electron chi connectivity index (χ4n) is 1.58. The summed E-state index contributed by atoms with van der Waals surface area (Å²) >= 11 is 2.98. The second kappa shape index (κ2) is 7.39. The molecule has 0 aliphatic heterocycles. The van der Waals surface area contributed by atoms with Gasteiger partial charge in [0.25, 0.3) is 11.6 Å². The molecule has 21 heavy (non-hydrogen) atoms. The van der Waals surface area contributed by atoms with Crippen molar-refractivity contribution in [3.63, 3.8) is 0 Å². The molecular formula is C12H12BrF3N2O3. The quantitative estimate of drug-likeness (QED) is 0.471. The molecule has 0 saturated carbocycles. The van der Waals surface area contributed by atoms with Gasteiger partial charge in [-0.1, -0.05) is 6.07 Å². The first kappa shape index (κ1) is 17.4. The van der Waals surface area contributed by atoms with Crippen LogP contribution in [0.1, 0.15) is 29.6 Å². The molecule has 1 N–H and O–H groups in total. The van der Waals surface area contributed by atoms with E-state index in [0.29, 0.717) is 0 Å². The van der Waals surface area contributed by atoms with Gasteiger partial charge in [-0.25, -0.2) is 0 Å². The number of nitro benzene ring substituents is 1. The minimum absolute atomic E-state index is 0.0443. The zero-order chi connectivity index (χ0) is 16.0. The molecule has 0 aliphatic carbocycles. The molecular weight excluding hydrogens is 357 g/mol. The fraction of sp³-hybridized carbons (Fsp3) is 0.417. The highest BCUT2D eigenvalue weighted by molar-refractivity contribution is 9.10. The molecule has 1 rings (SSSR count). The third kappa shape index (κ3) is 5.70. The summed E-state index contributed by atoms with van der Waals surface area (Å²) in [6, 6.07) is 3.99. The Morgan fingerprint density at radius 1 is 1.33 bits per heavy atom. The largest absolute Gasteiger partial charge is 0.389 e. The molecule has 1 aromatic carbocycles. The number of alkyl halides is 3. The van der Waals surface area contributed by atoms with Crippen molar-refractivity contribution in [3.8, 4) is 0 Å². The molecule has 1 aromatic rings. The van der Waals surface area contributed by atoms with Crippen LogP contribution < -0.4 is 5.32 Å². The molecule has 5 nitrogen and oxygen atoms in total. The van der Waals surface area contributed by atoms with Gasteiger partial charge in [-0.2, -0.15) is 13.2 Å². The zero-order valence-electron chi connectivity index (χ0n) is 10.7. The van der Waals surface area contributed by atoms with Gasteiger partial charge in [0.2, 0.25) is 0 Å². The third-order valence-corrected chi connectivity index (χ3v) is 3.43. The second-order valence-electron chi connectivity index (χ2n) is 4.22. The van der Waals surface area contributed by atoms with Gasteiger partial charge in [0, 0.05) is 19.0 Å². The maximum atomic E-state index is 11.9. The van der Waals surface area contributed by atoms with E-state index in [2.05, 4.69) is 21.2 Å². The monoisotopic (exact) mass is 368 g/mol. The van der Waals surface area contributed by atoms with Crippen molar-refractivity contribution in [2.75, 3.05) is 6.54 Å². The van der Waals surface area contributed by atoms with Crippen molar-refractivity contribution >= 4 is 27.5 Å². The van der Waals surface area contributed by atoms with Gasteiger partial charge in [0.1, 0.15) is 4.47 Å². The summed E-state index contributed by atoms with van der Waals surface area (Å²) in [5.41, 5.74) is -0.181. The van der Waals surface area contributed by atoms with Crippen LogP contribution in [0.2, 0.25) is 0 Å². The summed E-state index contributed by atoms with van der Waals surface area (Å²) in [5.74, 6) is -0.572. The molecule has 0 fully saturated rings. The summed E-state index contributed by atoms with van der Waals surface area (Å²) < 4.78 is 35.8. The highest BCUT2D eigenvalue weighted by atomic mass is 79.9. The molecule has 9 heteroatoms. The molecule has 0 radical (unpaired) electrons. The van der Waals surface area contributed by atoms with Gasteiger partial charge < -0.3 is 5.32 Å². The lowest BCUT2D eigenvalue weighted by Gasteiger charge is -2.08. The van der Waals surface area contributed by atoms with Crippen LogP contribution in [-0.4, -0.2) is 23.6 Å². The molecule has 1 amide bonds. The first-order valence-corrected chi connectivity index (χ1v) is 6.79. The molecule has 116 valence electrons. The summed E-state index contributed by atoms with van der Waals surface area (Å²) in [6.07, 6.45) is -5.01. The smallest absolute Gasteiger partial charge is 0.352 e. The van der Waals surface area contributed by atoms with Gasteiger partial charge in [0.05, 0.1) is 10.5 Å². The van der Waals surface area contributed by atoms with Gasteiger partial charge in [-0.15, -0.1) is 0 Å². The van der Waals surface area contributed by atoms with E-state index in [1.807, 2.05) is 0 Å². The van der Waals surface area contributed by atoms with Crippen molar-refractivity contribution in [1.82, 2.24) is 5.32 Å². The van der Waals surface area contributed by atoms with Crippen molar-refractivity contribution in [2.45, 2.75) is 25.4 Å². The topological polar surface area (TPSA) is 72.2 Å². The maximum absolute atomic E-state index is 11.9. The Balaban J connectivity index is 2.53. The Morgan fingerprint density at radius 2 is 2.00 bits per heavy atom. The average Bonchev–Trinajstić information content (AvgIpc) is 2.36. The zero-order valence-corrected chi connectivity index (χ0v) is 12.3. The van der Waals surface area contributed by atoms with E-state index in [0.717, 1.165) is 0 Å². The van der Waals surface area contributed by atoms with E-state index in [9.17, 15) is 28.1 Å². The normalized spacial score (nSPS) is 11.2. The number of benzene rings is 1. The second-order valence-corrected chi connectivity index (χ2v) is 5.02. The number of halogens is 4. The molecule has 0 heterocycles. The van der Waals surface area contributed by atoms with Crippen LogP contribution >= 0.6 is 15.9 Å². The summed E-state index contributed by atoms with van der Waals surface area (Å²) in [4.78, 5) is 21.9. The molecule has 0 aromatic heterocycles. The molecule has 0 spiro atoms. The van der Waals surface area contributed by atoms with Crippen LogP contribution in [0.15, 0.2) is 22.7 Å². The van der Waals surface area contributed by atoms with Crippen LogP contribution in [-0.2, 0) is 0 Å². The van der Waals surface area contributed by atoms with Gasteiger partial charge in [-0.3, -0.25) is 14.9 Å².